The molecular weight excluding hydrogens is 338 g/mol. The Bertz CT molecular complexity index is 905. The van der Waals surface area contributed by atoms with Gasteiger partial charge in [0.15, 0.2) is 0 Å². The van der Waals surface area contributed by atoms with Gasteiger partial charge in [-0.2, -0.15) is 0 Å². The Morgan fingerprint density at radius 3 is 2.19 bits per heavy atom. The van der Waals surface area contributed by atoms with Gasteiger partial charge in [0.05, 0.1) is 7.11 Å². The molecule has 1 amide bonds. The van der Waals surface area contributed by atoms with Crippen LogP contribution in [-0.2, 0) is 4.79 Å². The van der Waals surface area contributed by atoms with Crippen LogP contribution >= 0.6 is 0 Å². The lowest BCUT2D eigenvalue weighted by Crippen LogP contribution is -2.26. The molecule has 0 fully saturated rings. The maximum atomic E-state index is 13.0. The van der Waals surface area contributed by atoms with Crippen LogP contribution in [0.5, 0.6) is 11.5 Å². The summed E-state index contributed by atoms with van der Waals surface area (Å²) in [4.78, 5) is 13.0. The predicted molar refractivity (Wildman–Crippen MR) is 107 cm³/mol. The number of carbonyl (C=O) groups excluding carboxylic acids is 1. The molecule has 0 unspecified atom stereocenters. The minimum absolute atomic E-state index is 0.217. The average Bonchev–Trinajstić information content (AvgIpc) is 2.70. The van der Waals surface area contributed by atoms with Gasteiger partial charge in [-0.3, -0.25) is 4.79 Å². The molecule has 0 saturated heterocycles. The zero-order chi connectivity index (χ0) is 19.2. The second-order valence-corrected chi connectivity index (χ2v) is 6.32. The van der Waals surface area contributed by atoms with E-state index in [1.54, 1.807) is 31.4 Å². The van der Waals surface area contributed by atoms with E-state index < -0.39 is 6.10 Å². The number of hydrogen-bond donors (Lipinski definition) is 1. The fraction of sp³-hybridized carbons (Fsp3) is 0.174. The molecule has 4 heteroatoms. The van der Waals surface area contributed by atoms with Crippen LogP contribution in [0.25, 0.3) is 0 Å². The smallest absolute Gasteiger partial charge is 0.270 e. The molecule has 0 aromatic heterocycles. The molecular formula is C23H23NO3. The average molecular weight is 361 g/mol. The first-order valence-corrected chi connectivity index (χ1v) is 8.81. The van der Waals surface area contributed by atoms with Gasteiger partial charge in [-0.15, -0.1) is 0 Å². The molecule has 0 aliphatic rings. The van der Waals surface area contributed by atoms with Crippen LogP contribution < -0.4 is 14.8 Å². The van der Waals surface area contributed by atoms with Crippen LogP contribution in [0.1, 0.15) is 22.8 Å². The van der Waals surface area contributed by atoms with Gasteiger partial charge in [0.2, 0.25) is 6.10 Å². The summed E-state index contributed by atoms with van der Waals surface area (Å²) in [7, 11) is 1.61. The van der Waals surface area contributed by atoms with Gasteiger partial charge in [0, 0.05) is 11.3 Å². The quantitative estimate of drug-likeness (QED) is 0.667. The van der Waals surface area contributed by atoms with E-state index in [1.807, 2.05) is 62.4 Å². The van der Waals surface area contributed by atoms with Gasteiger partial charge in [0.1, 0.15) is 11.5 Å². The van der Waals surface area contributed by atoms with Crippen molar-refractivity contribution in [3.8, 4) is 11.5 Å². The van der Waals surface area contributed by atoms with Gasteiger partial charge in [-0.05, 0) is 55.3 Å². The van der Waals surface area contributed by atoms with Crippen molar-refractivity contribution in [3.63, 3.8) is 0 Å². The van der Waals surface area contributed by atoms with Crippen molar-refractivity contribution in [2.75, 3.05) is 12.4 Å². The molecule has 0 heterocycles. The van der Waals surface area contributed by atoms with Gasteiger partial charge < -0.3 is 14.8 Å². The molecule has 0 saturated carbocycles. The van der Waals surface area contributed by atoms with Gasteiger partial charge in [-0.1, -0.05) is 42.5 Å². The number of aryl methyl sites for hydroxylation is 1. The summed E-state index contributed by atoms with van der Waals surface area (Å²) in [5.41, 5.74) is 3.75. The molecule has 138 valence electrons. The Morgan fingerprint density at radius 2 is 1.52 bits per heavy atom. The monoisotopic (exact) mass is 361 g/mol. The summed E-state index contributed by atoms with van der Waals surface area (Å²) in [6, 6.07) is 22.5. The number of nitrogens with one attached hydrogen (secondary N) is 1. The Kier molecular flexibility index (Phi) is 5.77. The molecule has 4 nitrogen and oxygen atoms in total. The molecule has 0 radical (unpaired) electrons. The zero-order valence-corrected chi connectivity index (χ0v) is 15.7. The lowest BCUT2D eigenvalue weighted by molar-refractivity contribution is -0.123. The Hall–Kier alpha value is -3.27. The van der Waals surface area contributed by atoms with Crippen LogP contribution in [0, 0.1) is 13.8 Å². The minimum Gasteiger partial charge on any atom is -0.497 e. The summed E-state index contributed by atoms with van der Waals surface area (Å²) in [6.45, 7) is 4.01. The highest BCUT2D eigenvalue weighted by molar-refractivity contribution is 5.95. The first kappa shape index (κ1) is 18.5. The van der Waals surface area contributed by atoms with E-state index in [0.717, 1.165) is 28.1 Å². The summed E-state index contributed by atoms with van der Waals surface area (Å²) in [5.74, 6) is 1.12. The summed E-state index contributed by atoms with van der Waals surface area (Å²) in [5, 5.41) is 3.00. The zero-order valence-electron chi connectivity index (χ0n) is 15.7. The van der Waals surface area contributed by atoms with Crippen LogP contribution in [-0.4, -0.2) is 13.0 Å². The molecule has 3 aromatic rings. The third kappa shape index (κ3) is 4.47. The predicted octanol–water partition coefficient (Wildman–Crippen LogP) is 5.07. The van der Waals surface area contributed by atoms with Crippen molar-refractivity contribution in [1.82, 2.24) is 0 Å². The number of hydrogen-bond acceptors (Lipinski definition) is 3. The van der Waals surface area contributed by atoms with E-state index in [-0.39, 0.29) is 5.91 Å². The third-order valence-corrected chi connectivity index (χ3v) is 4.52. The van der Waals surface area contributed by atoms with Crippen molar-refractivity contribution >= 4 is 11.6 Å². The maximum Gasteiger partial charge on any atom is 0.270 e. The number of methoxy groups -OCH3 is 1. The highest BCUT2D eigenvalue weighted by Gasteiger charge is 2.23. The lowest BCUT2D eigenvalue weighted by Gasteiger charge is -2.20. The Labute approximate surface area is 159 Å². The van der Waals surface area contributed by atoms with Gasteiger partial charge >= 0.3 is 0 Å². The summed E-state index contributed by atoms with van der Waals surface area (Å²) < 4.78 is 11.2. The normalized spacial score (nSPS) is 11.5. The summed E-state index contributed by atoms with van der Waals surface area (Å²) in [6.07, 6.45) is -0.764. The van der Waals surface area contributed by atoms with Crippen molar-refractivity contribution in [2.45, 2.75) is 20.0 Å². The number of benzene rings is 3. The highest BCUT2D eigenvalue weighted by atomic mass is 16.5. The van der Waals surface area contributed by atoms with Crippen LogP contribution in [0.2, 0.25) is 0 Å². The first-order chi connectivity index (χ1) is 13.1. The first-order valence-electron chi connectivity index (χ1n) is 8.81. The molecule has 0 bridgehead atoms. The van der Waals surface area contributed by atoms with Crippen molar-refractivity contribution in [3.05, 3.63) is 89.5 Å². The van der Waals surface area contributed by atoms with E-state index in [9.17, 15) is 4.79 Å². The number of rotatable bonds is 6. The van der Waals surface area contributed by atoms with Crippen molar-refractivity contribution in [2.24, 2.45) is 0 Å². The van der Waals surface area contributed by atoms with E-state index in [0.29, 0.717) is 5.75 Å². The van der Waals surface area contributed by atoms with E-state index >= 15 is 0 Å². The Morgan fingerprint density at radius 1 is 0.852 bits per heavy atom. The second kappa shape index (κ2) is 8.41. The fourth-order valence-corrected chi connectivity index (χ4v) is 2.78. The van der Waals surface area contributed by atoms with E-state index in [2.05, 4.69) is 5.32 Å². The SMILES string of the molecule is COc1ccc(O[C@H](C(=O)Nc2cccc(C)c2C)c2ccccc2)cc1. The van der Waals surface area contributed by atoms with E-state index in [4.69, 9.17) is 9.47 Å². The lowest BCUT2D eigenvalue weighted by atomic mass is 10.1. The molecule has 0 aliphatic carbocycles. The van der Waals surface area contributed by atoms with Crippen molar-refractivity contribution in [1.29, 1.82) is 0 Å². The molecule has 1 N–H and O–H groups in total. The van der Waals surface area contributed by atoms with Crippen molar-refractivity contribution < 1.29 is 14.3 Å². The Balaban J connectivity index is 1.87. The molecule has 1 atom stereocenters. The topological polar surface area (TPSA) is 47.6 Å². The maximum absolute atomic E-state index is 13.0. The fourth-order valence-electron chi connectivity index (χ4n) is 2.78. The molecule has 0 aliphatic heterocycles. The van der Waals surface area contributed by atoms with Crippen LogP contribution in [0.15, 0.2) is 72.8 Å². The number of ether oxygens (including phenoxy) is 2. The standard InChI is InChI=1S/C23H23NO3/c1-16-8-7-11-21(17(16)2)24-23(25)22(18-9-5-4-6-10-18)27-20-14-12-19(26-3)13-15-20/h4-15,22H,1-3H3,(H,24,25)/t22-/m0/s1. The van der Waals surface area contributed by atoms with Crippen LogP contribution in [0.3, 0.4) is 0 Å². The minimum atomic E-state index is -0.764. The highest BCUT2D eigenvalue weighted by Crippen LogP contribution is 2.26. The molecule has 27 heavy (non-hydrogen) atoms. The molecule has 3 aromatic carbocycles. The number of anilines is 1. The van der Waals surface area contributed by atoms with E-state index in [1.165, 1.54) is 0 Å². The largest absolute Gasteiger partial charge is 0.497 e. The number of carbonyl (C=O) groups is 1. The molecule has 3 rings (SSSR count). The number of amides is 1. The second-order valence-electron chi connectivity index (χ2n) is 6.32. The third-order valence-electron chi connectivity index (χ3n) is 4.52. The molecule has 0 spiro atoms. The van der Waals surface area contributed by atoms with Gasteiger partial charge in [-0.25, -0.2) is 0 Å². The summed E-state index contributed by atoms with van der Waals surface area (Å²) >= 11 is 0. The van der Waals surface area contributed by atoms with Gasteiger partial charge in [0.25, 0.3) is 5.91 Å². The van der Waals surface area contributed by atoms with Crippen LogP contribution in [0.4, 0.5) is 5.69 Å².